The van der Waals surface area contributed by atoms with Gasteiger partial charge in [0.1, 0.15) is 5.60 Å². The van der Waals surface area contributed by atoms with E-state index in [1.165, 1.54) is 0 Å². The van der Waals surface area contributed by atoms with E-state index in [9.17, 15) is 4.79 Å². The van der Waals surface area contributed by atoms with Crippen molar-refractivity contribution < 1.29 is 9.53 Å². The molecule has 0 radical (unpaired) electrons. The summed E-state index contributed by atoms with van der Waals surface area (Å²) in [5, 5.41) is 3.82. The molecule has 0 aromatic rings. The first-order valence-corrected chi connectivity index (χ1v) is 6.18. The lowest BCUT2D eigenvalue weighted by Crippen LogP contribution is -2.54. The number of azide groups is 1. The van der Waals surface area contributed by atoms with E-state index < -0.39 is 22.5 Å². The van der Waals surface area contributed by atoms with Crippen molar-refractivity contribution in [1.29, 1.82) is 0 Å². The van der Waals surface area contributed by atoms with Crippen LogP contribution in [0.1, 0.15) is 55.4 Å². The van der Waals surface area contributed by atoms with E-state index in [-0.39, 0.29) is 5.92 Å². The first kappa shape index (κ1) is 16.8. The molecule has 5 nitrogen and oxygen atoms in total. The standard InChI is InChI=1S/C13H25N3O2/c1-9(2)13(15-16-14,11(3,4)5)10(17)18-12(6,7)8/h9H,1-8H3/t13-/m1/s1. The van der Waals surface area contributed by atoms with Gasteiger partial charge in [-0.25, -0.2) is 0 Å². The molecule has 0 bridgehead atoms. The van der Waals surface area contributed by atoms with Crippen LogP contribution in [-0.4, -0.2) is 17.1 Å². The summed E-state index contributed by atoms with van der Waals surface area (Å²) in [5.74, 6) is -0.612. The predicted molar refractivity (Wildman–Crippen MR) is 72.0 cm³/mol. The van der Waals surface area contributed by atoms with Gasteiger partial charge in [0.05, 0.1) is 0 Å². The third kappa shape index (κ3) is 3.39. The molecular weight excluding hydrogens is 230 g/mol. The number of carbonyl (C=O) groups excluding carboxylic acids is 1. The van der Waals surface area contributed by atoms with Crippen LogP contribution in [0.2, 0.25) is 0 Å². The van der Waals surface area contributed by atoms with Gasteiger partial charge < -0.3 is 4.74 Å². The maximum absolute atomic E-state index is 12.5. The summed E-state index contributed by atoms with van der Waals surface area (Å²) in [4.78, 5) is 15.3. The maximum atomic E-state index is 12.5. The molecule has 0 N–H and O–H groups in total. The fourth-order valence-corrected chi connectivity index (χ4v) is 2.14. The third-order valence-electron chi connectivity index (χ3n) is 2.89. The molecule has 104 valence electrons. The highest BCUT2D eigenvalue weighted by Gasteiger charge is 2.52. The highest BCUT2D eigenvalue weighted by Crippen LogP contribution is 2.42. The van der Waals surface area contributed by atoms with Crippen LogP contribution in [-0.2, 0) is 9.53 Å². The normalized spacial score (nSPS) is 15.8. The third-order valence-corrected chi connectivity index (χ3v) is 2.89. The van der Waals surface area contributed by atoms with Gasteiger partial charge in [-0.3, -0.25) is 4.79 Å². The molecule has 0 aliphatic heterocycles. The van der Waals surface area contributed by atoms with E-state index >= 15 is 0 Å². The van der Waals surface area contributed by atoms with Crippen molar-refractivity contribution in [1.82, 2.24) is 0 Å². The van der Waals surface area contributed by atoms with Crippen molar-refractivity contribution in [2.24, 2.45) is 16.4 Å². The molecule has 1 atom stereocenters. The molecule has 0 unspecified atom stereocenters. The van der Waals surface area contributed by atoms with E-state index in [1.807, 2.05) is 34.6 Å². The van der Waals surface area contributed by atoms with Crippen molar-refractivity contribution in [2.75, 3.05) is 0 Å². The molecule has 0 aromatic heterocycles. The average Bonchev–Trinajstić information content (AvgIpc) is 2.07. The van der Waals surface area contributed by atoms with Crippen LogP contribution in [0.15, 0.2) is 5.11 Å². The van der Waals surface area contributed by atoms with Gasteiger partial charge in [0.15, 0.2) is 5.54 Å². The zero-order valence-electron chi connectivity index (χ0n) is 12.7. The summed E-state index contributed by atoms with van der Waals surface area (Å²) in [5.41, 5.74) is 6.49. The SMILES string of the molecule is CC(C)[C@@](N=[N+]=[N-])(C(=O)OC(C)(C)C)C(C)(C)C. The summed E-state index contributed by atoms with van der Waals surface area (Å²) in [6, 6.07) is 0. The Balaban J connectivity index is 5.75. The summed E-state index contributed by atoms with van der Waals surface area (Å²) in [6.07, 6.45) is 0. The minimum absolute atomic E-state index is 0.150. The zero-order chi connectivity index (χ0) is 14.8. The summed E-state index contributed by atoms with van der Waals surface area (Å²) in [7, 11) is 0. The van der Waals surface area contributed by atoms with Crippen molar-refractivity contribution >= 4 is 5.97 Å². The fraction of sp³-hybridized carbons (Fsp3) is 0.923. The van der Waals surface area contributed by atoms with Crippen LogP contribution in [0.25, 0.3) is 10.4 Å². The minimum atomic E-state index is -1.20. The number of ether oxygens (including phenoxy) is 1. The highest BCUT2D eigenvalue weighted by atomic mass is 16.6. The molecular formula is C13H25N3O2. The van der Waals surface area contributed by atoms with Crippen molar-refractivity contribution in [3.8, 4) is 0 Å². The van der Waals surface area contributed by atoms with Gasteiger partial charge in [-0.15, -0.1) is 0 Å². The Kier molecular flexibility index (Phi) is 4.84. The molecule has 0 aliphatic rings. The summed E-state index contributed by atoms with van der Waals surface area (Å²) in [6.45, 7) is 14.8. The lowest BCUT2D eigenvalue weighted by molar-refractivity contribution is -0.169. The van der Waals surface area contributed by atoms with Gasteiger partial charge in [0.2, 0.25) is 0 Å². The van der Waals surface area contributed by atoms with Crippen LogP contribution < -0.4 is 0 Å². The van der Waals surface area contributed by atoms with E-state index in [0.717, 1.165) is 0 Å². The van der Waals surface area contributed by atoms with Gasteiger partial charge >= 0.3 is 5.97 Å². The van der Waals surface area contributed by atoms with Gasteiger partial charge in [-0.05, 0) is 37.6 Å². The lowest BCUT2D eigenvalue weighted by Gasteiger charge is -2.43. The number of rotatable bonds is 3. The highest BCUT2D eigenvalue weighted by molar-refractivity contribution is 5.83. The largest absolute Gasteiger partial charge is 0.459 e. The van der Waals surface area contributed by atoms with Gasteiger partial charge in [-0.1, -0.05) is 39.7 Å². The number of nitrogens with zero attached hydrogens (tertiary/aromatic N) is 3. The maximum Gasteiger partial charge on any atom is 0.319 e. The number of esters is 1. The minimum Gasteiger partial charge on any atom is -0.459 e. The number of hydrogen-bond acceptors (Lipinski definition) is 3. The zero-order valence-corrected chi connectivity index (χ0v) is 12.7. The summed E-state index contributed by atoms with van der Waals surface area (Å²) >= 11 is 0. The monoisotopic (exact) mass is 255 g/mol. The molecule has 0 saturated heterocycles. The second kappa shape index (κ2) is 5.19. The van der Waals surface area contributed by atoms with Crippen molar-refractivity contribution in [3.63, 3.8) is 0 Å². The van der Waals surface area contributed by atoms with Crippen molar-refractivity contribution in [2.45, 2.75) is 66.5 Å². The Hall–Kier alpha value is -1.22. The molecule has 0 rings (SSSR count). The van der Waals surface area contributed by atoms with Crippen molar-refractivity contribution in [3.05, 3.63) is 10.4 Å². The molecule has 0 aromatic carbocycles. The van der Waals surface area contributed by atoms with Crippen LogP contribution in [0.3, 0.4) is 0 Å². The topological polar surface area (TPSA) is 75.1 Å². The van der Waals surface area contributed by atoms with E-state index in [1.54, 1.807) is 20.8 Å². The molecule has 0 spiro atoms. The van der Waals surface area contributed by atoms with Gasteiger partial charge in [0.25, 0.3) is 0 Å². The first-order chi connectivity index (χ1) is 7.88. The Morgan fingerprint density at radius 3 is 1.83 bits per heavy atom. The molecule has 5 heteroatoms. The Labute approximate surface area is 110 Å². The van der Waals surface area contributed by atoms with E-state index in [2.05, 4.69) is 10.0 Å². The van der Waals surface area contributed by atoms with Gasteiger partial charge in [0, 0.05) is 4.91 Å². The Morgan fingerprint density at radius 2 is 1.61 bits per heavy atom. The lowest BCUT2D eigenvalue weighted by atomic mass is 9.67. The molecule has 0 amide bonds. The second-order valence-corrected chi connectivity index (χ2v) is 6.86. The molecule has 18 heavy (non-hydrogen) atoms. The number of hydrogen-bond donors (Lipinski definition) is 0. The van der Waals surface area contributed by atoms with E-state index in [0.29, 0.717) is 0 Å². The predicted octanol–water partition coefficient (Wildman–Crippen LogP) is 4.08. The average molecular weight is 255 g/mol. The molecule has 0 saturated carbocycles. The fourth-order valence-electron chi connectivity index (χ4n) is 2.14. The molecule has 0 fully saturated rings. The Morgan fingerprint density at radius 1 is 1.17 bits per heavy atom. The molecule has 0 heterocycles. The quantitative estimate of drug-likeness (QED) is 0.330. The molecule has 0 aliphatic carbocycles. The number of carbonyl (C=O) groups is 1. The smallest absolute Gasteiger partial charge is 0.319 e. The summed E-state index contributed by atoms with van der Waals surface area (Å²) < 4.78 is 5.44. The first-order valence-electron chi connectivity index (χ1n) is 6.18. The Bertz CT molecular complexity index is 357. The van der Waals surface area contributed by atoms with Crippen LogP contribution in [0.5, 0.6) is 0 Å². The van der Waals surface area contributed by atoms with Crippen LogP contribution in [0.4, 0.5) is 0 Å². The second-order valence-electron chi connectivity index (χ2n) is 6.86. The van der Waals surface area contributed by atoms with Gasteiger partial charge in [-0.2, -0.15) is 0 Å². The van der Waals surface area contributed by atoms with Crippen LogP contribution in [0, 0.1) is 11.3 Å². The van der Waals surface area contributed by atoms with Crippen LogP contribution >= 0.6 is 0 Å². The van der Waals surface area contributed by atoms with E-state index in [4.69, 9.17) is 10.3 Å².